The van der Waals surface area contributed by atoms with E-state index in [-0.39, 0.29) is 11.4 Å². The molecule has 2 fully saturated rings. The molecule has 3 rings (SSSR count). The molecule has 1 aromatic rings. The van der Waals surface area contributed by atoms with Crippen LogP contribution in [0.4, 0.5) is 0 Å². The van der Waals surface area contributed by atoms with Gasteiger partial charge in [-0.1, -0.05) is 57.2 Å². The van der Waals surface area contributed by atoms with Crippen LogP contribution in [0.5, 0.6) is 5.75 Å². The van der Waals surface area contributed by atoms with Crippen LogP contribution in [0.3, 0.4) is 0 Å². The third-order valence-corrected chi connectivity index (χ3v) is 4.81. The molecule has 0 radical (unpaired) electrons. The second kappa shape index (κ2) is 5.77. The van der Waals surface area contributed by atoms with Gasteiger partial charge < -0.3 is 9.47 Å². The molecule has 20 heavy (non-hydrogen) atoms. The van der Waals surface area contributed by atoms with Crippen molar-refractivity contribution >= 4 is 0 Å². The lowest BCUT2D eigenvalue weighted by Crippen LogP contribution is -2.33. The molecule has 0 amide bonds. The van der Waals surface area contributed by atoms with E-state index >= 15 is 0 Å². The molecule has 2 heteroatoms. The summed E-state index contributed by atoms with van der Waals surface area (Å²) < 4.78 is 12.6. The molecule has 1 heterocycles. The van der Waals surface area contributed by atoms with E-state index < -0.39 is 0 Å². The van der Waals surface area contributed by atoms with E-state index in [4.69, 9.17) is 9.47 Å². The summed E-state index contributed by atoms with van der Waals surface area (Å²) in [6.45, 7) is 2.24. The summed E-state index contributed by atoms with van der Waals surface area (Å²) in [6.07, 6.45) is 11.0. The van der Waals surface area contributed by atoms with E-state index in [9.17, 15) is 0 Å². The average molecular weight is 274 g/mol. The number of epoxide rings is 1. The highest BCUT2D eigenvalue weighted by atomic mass is 16.8. The largest absolute Gasteiger partial charge is 0.459 e. The van der Waals surface area contributed by atoms with Crippen molar-refractivity contribution in [2.75, 3.05) is 0 Å². The molecule has 2 aliphatic rings. The first-order valence-electron chi connectivity index (χ1n) is 8.24. The van der Waals surface area contributed by atoms with Crippen molar-refractivity contribution < 1.29 is 9.47 Å². The van der Waals surface area contributed by atoms with Gasteiger partial charge in [0.15, 0.2) is 0 Å². The Hall–Kier alpha value is -1.02. The highest BCUT2D eigenvalue weighted by Crippen LogP contribution is 2.59. The van der Waals surface area contributed by atoms with Crippen molar-refractivity contribution in [3.63, 3.8) is 0 Å². The fraction of sp³-hybridized carbons (Fsp3) is 0.667. The third-order valence-electron chi connectivity index (χ3n) is 4.81. The summed E-state index contributed by atoms with van der Waals surface area (Å²) in [6, 6.07) is 10.2. The number of hydrogen-bond donors (Lipinski definition) is 0. The van der Waals surface area contributed by atoms with Crippen LogP contribution in [-0.4, -0.2) is 11.4 Å². The van der Waals surface area contributed by atoms with Gasteiger partial charge in [-0.2, -0.15) is 0 Å². The Morgan fingerprint density at radius 2 is 1.80 bits per heavy atom. The van der Waals surface area contributed by atoms with Gasteiger partial charge in [-0.25, -0.2) is 0 Å². The van der Waals surface area contributed by atoms with Crippen LogP contribution in [0, 0.1) is 0 Å². The van der Waals surface area contributed by atoms with Crippen LogP contribution in [0.25, 0.3) is 0 Å². The lowest BCUT2D eigenvalue weighted by Gasteiger charge is -2.24. The summed E-state index contributed by atoms with van der Waals surface area (Å²) in [4.78, 5) is 0. The number of benzene rings is 1. The van der Waals surface area contributed by atoms with Crippen molar-refractivity contribution in [1.82, 2.24) is 0 Å². The van der Waals surface area contributed by atoms with Gasteiger partial charge in [-0.05, 0) is 31.4 Å². The quantitative estimate of drug-likeness (QED) is 0.533. The monoisotopic (exact) mass is 274 g/mol. The topological polar surface area (TPSA) is 21.8 Å². The SMILES string of the molecule is CCCCCC1(Oc2ccccc2)OC12CCCCC2. The van der Waals surface area contributed by atoms with Gasteiger partial charge >= 0.3 is 0 Å². The van der Waals surface area contributed by atoms with Gasteiger partial charge in [-0.3, -0.25) is 0 Å². The molecule has 110 valence electrons. The molecule has 0 aromatic heterocycles. The second-order valence-electron chi connectivity index (χ2n) is 6.28. The highest BCUT2D eigenvalue weighted by Gasteiger charge is 2.71. The minimum atomic E-state index is -0.329. The molecule has 1 atom stereocenters. The van der Waals surface area contributed by atoms with Gasteiger partial charge in [0.25, 0.3) is 0 Å². The maximum Gasteiger partial charge on any atom is 0.240 e. The van der Waals surface area contributed by atoms with E-state index in [0.717, 1.165) is 12.2 Å². The van der Waals surface area contributed by atoms with E-state index in [2.05, 4.69) is 6.92 Å². The van der Waals surface area contributed by atoms with Crippen LogP contribution in [0.1, 0.15) is 64.7 Å². The molecule has 1 aromatic carbocycles. The first-order chi connectivity index (χ1) is 9.80. The number of para-hydroxylation sites is 1. The maximum atomic E-state index is 6.33. The molecule has 1 saturated carbocycles. The molecular formula is C18H26O2. The van der Waals surface area contributed by atoms with Gasteiger partial charge in [0.1, 0.15) is 11.4 Å². The van der Waals surface area contributed by atoms with E-state index in [0.29, 0.717) is 0 Å². The predicted molar refractivity (Wildman–Crippen MR) is 80.8 cm³/mol. The zero-order valence-corrected chi connectivity index (χ0v) is 12.6. The average Bonchev–Trinajstić information content (AvgIpc) is 3.06. The summed E-state index contributed by atoms with van der Waals surface area (Å²) >= 11 is 0. The number of hydrogen-bond acceptors (Lipinski definition) is 2. The van der Waals surface area contributed by atoms with E-state index in [1.165, 1.54) is 51.4 Å². The standard InChI is InChI=1S/C18H26O2/c1-2-3-8-15-18(19-16-11-6-4-7-12-16)17(20-18)13-9-5-10-14-17/h4,6-7,11-12H,2-3,5,8-10,13-15H2,1H3. The second-order valence-corrected chi connectivity index (χ2v) is 6.28. The Morgan fingerprint density at radius 3 is 2.50 bits per heavy atom. The Kier molecular flexibility index (Phi) is 4.02. The highest BCUT2D eigenvalue weighted by molar-refractivity contribution is 5.25. The number of rotatable bonds is 6. The normalized spacial score (nSPS) is 27.4. The van der Waals surface area contributed by atoms with E-state index in [1.54, 1.807) is 0 Å². The van der Waals surface area contributed by atoms with Crippen LogP contribution >= 0.6 is 0 Å². The number of ether oxygens (including phenoxy) is 2. The summed E-state index contributed by atoms with van der Waals surface area (Å²) in [7, 11) is 0. The summed E-state index contributed by atoms with van der Waals surface area (Å²) in [5, 5.41) is 0. The minimum absolute atomic E-state index is 0.0227. The van der Waals surface area contributed by atoms with Gasteiger partial charge in [0, 0.05) is 6.42 Å². The molecule has 1 aliphatic carbocycles. The van der Waals surface area contributed by atoms with E-state index in [1.807, 2.05) is 30.3 Å². The van der Waals surface area contributed by atoms with Crippen molar-refractivity contribution in [3.05, 3.63) is 30.3 Å². The van der Waals surface area contributed by atoms with Crippen LogP contribution in [-0.2, 0) is 4.74 Å². The zero-order valence-electron chi connectivity index (χ0n) is 12.6. The van der Waals surface area contributed by atoms with Gasteiger partial charge in [-0.15, -0.1) is 0 Å². The molecule has 0 N–H and O–H groups in total. The number of unbranched alkanes of at least 4 members (excludes halogenated alkanes) is 2. The van der Waals surface area contributed by atoms with Crippen molar-refractivity contribution in [2.24, 2.45) is 0 Å². The molecule has 1 spiro atoms. The zero-order chi connectivity index (χ0) is 13.9. The van der Waals surface area contributed by atoms with Crippen LogP contribution in [0.15, 0.2) is 30.3 Å². The Balaban J connectivity index is 1.71. The molecule has 1 unspecified atom stereocenters. The predicted octanol–water partition coefficient (Wildman–Crippen LogP) is 5.08. The van der Waals surface area contributed by atoms with Crippen molar-refractivity contribution in [2.45, 2.75) is 76.1 Å². The molecular weight excluding hydrogens is 248 g/mol. The first-order valence-corrected chi connectivity index (χ1v) is 8.24. The van der Waals surface area contributed by atoms with Crippen molar-refractivity contribution in [1.29, 1.82) is 0 Å². The molecule has 1 saturated heterocycles. The van der Waals surface area contributed by atoms with Gasteiger partial charge in [0.05, 0.1) is 0 Å². The molecule has 2 nitrogen and oxygen atoms in total. The molecule has 1 aliphatic heterocycles. The van der Waals surface area contributed by atoms with Crippen molar-refractivity contribution in [3.8, 4) is 5.75 Å². The maximum absolute atomic E-state index is 6.33. The fourth-order valence-corrected chi connectivity index (χ4v) is 3.63. The lowest BCUT2D eigenvalue weighted by molar-refractivity contribution is 0.0511. The Bertz CT molecular complexity index is 422. The van der Waals surface area contributed by atoms with Crippen LogP contribution in [0.2, 0.25) is 0 Å². The first kappa shape index (κ1) is 13.9. The Labute approximate surface area is 122 Å². The Morgan fingerprint density at radius 1 is 1.05 bits per heavy atom. The summed E-state index contributed by atoms with van der Waals surface area (Å²) in [5.74, 6) is 0.621. The molecule has 0 bridgehead atoms. The summed E-state index contributed by atoms with van der Waals surface area (Å²) in [5.41, 5.74) is 0.0227. The van der Waals surface area contributed by atoms with Gasteiger partial charge in [0.2, 0.25) is 5.79 Å². The fourth-order valence-electron chi connectivity index (χ4n) is 3.63. The smallest absolute Gasteiger partial charge is 0.240 e. The van der Waals surface area contributed by atoms with Crippen LogP contribution < -0.4 is 4.74 Å². The lowest BCUT2D eigenvalue weighted by atomic mass is 9.83. The minimum Gasteiger partial charge on any atom is -0.459 e. The third kappa shape index (κ3) is 2.58.